The minimum Gasteiger partial charge on any atom is -0.545 e. The smallest absolute Gasteiger partial charge is 0.215 e. The summed E-state index contributed by atoms with van der Waals surface area (Å²) in [5, 5.41) is 13.8. The van der Waals surface area contributed by atoms with Gasteiger partial charge >= 0.3 is 0 Å². The average molecular weight is 643 g/mol. The van der Waals surface area contributed by atoms with Crippen LogP contribution >= 0.6 is 0 Å². The third kappa shape index (κ3) is 3.88. The van der Waals surface area contributed by atoms with Gasteiger partial charge in [0.1, 0.15) is 18.0 Å². The van der Waals surface area contributed by atoms with Crippen LogP contribution < -0.4 is 29.9 Å². The molecule has 0 aliphatic carbocycles. The van der Waals surface area contributed by atoms with Gasteiger partial charge in [-0.15, -0.1) is 0 Å². The molecule has 8 rings (SSSR count). The first-order chi connectivity index (χ1) is 22.1. The molecule has 3 aromatic carbocycles. The van der Waals surface area contributed by atoms with E-state index in [1.807, 2.05) is 13.8 Å². The predicted molar refractivity (Wildman–Crippen MR) is 170 cm³/mol. The van der Waals surface area contributed by atoms with Crippen molar-refractivity contribution in [1.82, 2.24) is 4.58 Å². The van der Waals surface area contributed by atoms with Crippen LogP contribution in [0.2, 0.25) is 0 Å². The summed E-state index contributed by atoms with van der Waals surface area (Å²) in [4.78, 5) is 14.8. The third-order valence-electron chi connectivity index (χ3n) is 10.7. The number of ether oxygens (including phenoxy) is 1. The van der Waals surface area contributed by atoms with Crippen LogP contribution in [-0.2, 0) is 12.8 Å². The van der Waals surface area contributed by atoms with Crippen molar-refractivity contribution in [2.24, 2.45) is 0 Å². The second-order valence-electron chi connectivity index (χ2n) is 14.5. The van der Waals surface area contributed by atoms with Gasteiger partial charge in [0.25, 0.3) is 0 Å². The van der Waals surface area contributed by atoms with Crippen molar-refractivity contribution in [1.29, 1.82) is 0 Å². The number of carboxylic acid groups (broad SMARTS) is 1. The Labute approximate surface area is 269 Å². The van der Waals surface area contributed by atoms with Crippen molar-refractivity contribution in [2.75, 3.05) is 18.0 Å². The quantitative estimate of drug-likeness (QED) is 0.125. The molecule has 5 heterocycles. The number of rotatable bonds is 2. The molecular formula is C38H34F4N2O3. The molecule has 0 saturated heterocycles. The van der Waals surface area contributed by atoms with Crippen LogP contribution in [0.25, 0.3) is 16.7 Å². The minimum absolute atomic E-state index is 0.0571. The molecule has 0 bridgehead atoms. The van der Waals surface area contributed by atoms with E-state index >= 15 is 13.2 Å². The molecule has 0 fully saturated rings. The number of nitrogens with zero attached hydrogens (tertiary/aromatic N) is 2. The number of carbonyl (C=O) groups excluding carboxylic acids is 1. The average Bonchev–Trinajstić information content (AvgIpc) is 3.01. The summed E-state index contributed by atoms with van der Waals surface area (Å²) in [5.41, 5.74) is 3.65. The van der Waals surface area contributed by atoms with Gasteiger partial charge in [-0.25, -0.2) is 22.1 Å². The monoisotopic (exact) mass is 642 g/mol. The fourth-order valence-electron chi connectivity index (χ4n) is 8.86. The second-order valence-corrected chi connectivity index (χ2v) is 14.5. The fraction of sp³-hybridized carbons (Fsp3) is 0.368. The summed E-state index contributed by atoms with van der Waals surface area (Å²) >= 11 is 0. The van der Waals surface area contributed by atoms with Crippen molar-refractivity contribution in [3.8, 4) is 11.5 Å². The number of hydrogen-bond donors (Lipinski definition) is 0. The van der Waals surface area contributed by atoms with Gasteiger partial charge < -0.3 is 19.5 Å². The first-order valence-corrected chi connectivity index (χ1v) is 16.1. The van der Waals surface area contributed by atoms with Crippen molar-refractivity contribution in [3.63, 3.8) is 0 Å². The molecule has 0 N–H and O–H groups in total. The molecule has 5 aliphatic heterocycles. The molecule has 5 nitrogen and oxygen atoms in total. The van der Waals surface area contributed by atoms with Crippen LogP contribution in [0, 0.1) is 23.3 Å². The zero-order valence-corrected chi connectivity index (χ0v) is 27.2. The summed E-state index contributed by atoms with van der Waals surface area (Å²) in [6.07, 6.45) is 7.12. The Morgan fingerprint density at radius 1 is 0.851 bits per heavy atom. The number of fused-ring (bicyclic) bond motifs is 4. The zero-order chi connectivity index (χ0) is 33.5. The van der Waals surface area contributed by atoms with Crippen LogP contribution in [0.3, 0.4) is 0 Å². The molecule has 3 aromatic rings. The summed E-state index contributed by atoms with van der Waals surface area (Å²) in [7, 11) is 0. The van der Waals surface area contributed by atoms with E-state index < -0.39 is 40.4 Å². The molecule has 0 saturated carbocycles. The molecule has 0 atom stereocenters. The molecule has 0 amide bonds. The number of hydrogen-bond acceptors (Lipinski definition) is 4. The molecule has 5 aliphatic rings. The largest absolute Gasteiger partial charge is 0.545 e. The second kappa shape index (κ2) is 9.58. The SMILES string of the molecule is CC1=CC(C)(C)N2CCCc3c4c(cc1c32)C(c1c(F)c(F)c(F)c(F)c1C(=O)[O-])=c1cc2c3c(c1O4)CCC[N+]=3C(C)(C)C=C2C. The minimum atomic E-state index is -2.20. The Kier molecular flexibility index (Phi) is 6.11. The summed E-state index contributed by atoms with van der Waals surface area (Å²) in [5.74, 6) is -9.45. The number of benzene rings is 3. The Hall–Kier alpha value is -4.40. The highest BCUT2D eigenvalue weighted by molar-refractivity contribution is 6.00. The van der Waals surface area contributed by atoms with E-state index in [9.17, 15) is 14.3 Å². The Bertz CT molecular complexity index is 2230. The molecule has 0 unspecified atom stereocenters. The number of halogens is 4. The maximum absolute atomic E-state index is 16.2. The van der Waals surface area contributed by atoms with Crippen LogP contribution in [0.1, 0.15) is 98.1 Å². The topological polar surface area (TPSA) is 55.6 Å². The van der Waals surface area contributed by atoms with E-state index in [2.05, 4.69) is 49.3 Å². The van der Waals surface area contributed by atoms with Crippen LogP contribution in [0.15, 0.2) is 24.3 Å². The lowest BCUT2D eigenvalue weighted by Gasteiger charge is -2.47. The normalized spacial score (nSPS) is 19.6. The van der Waals surface area contributed by atoms with E-state index in [1.165, 1.54) is 0 Å². The van der Waals surface area contributed by atoms with Gasteiger partial charge in [0.15, 0.2) is 28.8 Å². The van der Waals surface area contributed by atoms with Gasteiger partial charge in [-0.05, 0) is 76.3 Å². The van der Waals surface area contributed by atoms with E-state index in [0.717, 1.165) is 70.4 Å². The number of allylic oxidation sites excluding steroid dienone is 2. The maximum atomic E-state index is 16.2. The van der Waals surface area contributed by atoms with Crippen molar-refractivity contribution in [3.05, 3.63) is 97.1 Å². The van der Waals surface area contributed by atoms with E-state index in [-0.39, 0.29) is 16.7 Å². The Morgan fingerprint density at radius 3 is 2.26 bits per heavy atom. The molecule has 0 radical (unpaired) electrons. The Morgan fingerprint density at radius 2 is 1.53 bits per heavy atom. The standard InChI is InChI=1S/C38H34F4N2O3/c1-17-15-37(3,4)43-11-7-9-19-32(43)21(17)13-23-25(26-27(36(45)46)29(40)31(42)30(41)28(26)39)24-14-22-18(2)16-38(5,6)44-12-8-10-20(33(22)44)35(24)47-34(19)23/h13-16H,7-12H2,1-6H3. The van der Waals surface area contributed by atoms with Gasteiger partial charge in [0, 0.05) is 71.0 Å². The molecule has 0 spiro atoms. The molecule has 242 valence electrons. The maximum Gasteiger partial charge on any atom is 0.215 e. The lowest BCUT2D eigenvalue weighted by molar-refractivity contribution is -0.255. The van der Waals surface area contributed by atoms with Gasteiger partial charge in [0.05, 0.1) is 22.8 Å². The van der Waals surface area contributed by atoms with Crippen LogP contribution in [0.5, 0.6) is 11.5 Å². The Balaban J connectivity index is 1.62. The van der Waals surface area contributed by atoms with Crippen molar-refractivity contribution in [2.45, 2.75) is 78.3 Å². The zero-order valence-electron chi connectivity index (χ0n) is 27.2. The molecule has 9 heteroatoms. The van der Waals surface area contributed by atoms with Crippen LogP contribution in [0.4, 0.5) is 23.2 Å². The van der Waals surface area contributed by atoms with E-state index in [1.54, 1.807) is 12.1 Å². The lowest BCUT2D eigenvalue weighted by Crippen LogP contribution is -2.53. The van der Waals surface area contributed by atoms with Crippen molar-refractivity contribution >= 4 is 28.4 Å². The van der Waals surface area contributed by atoms with Gasteiger partial charge in [-0.1, -0.05) is 6.08 Å². The molecule has 0 aromatic heterocycles. The number of anilines is 1. The molecule has 47 heavy (non-hydrogen) atoms. The van der Waals surface area contributed by atoms with E-state index in [0.29, 0.717) is 35.1 Å². The van der Waals surface area contributed by atoms with E-state index in [4.69, 9.17) is 4.74 Å². The van der Waals surface area contributed by atoms with Gasteiger partial charge in [-0.2, -0.15) is 0 Å². The first-order valence-electron chi connectivity index (χ1n) is 16.1. The summed E-state index contributed by atoms with van der Waals surface area (Å²) in [6, 6.07) is 3.60. The highest BCUT2D eigenvalue weighted by Crippen LogP contribution is 2.52. The first kappa shape index (κ1) is 30.0. The van der Waals surface area contributed by atoms with Crippen LogP contribution in [-0.4, -0.2) is 30.1 Å². The highest BCUT2D eigenvalue weighted by atomic mass is 19.2. The lowest BCUT2D eigenvalue weighted by atomic mass is 9.78. The highest BCUT2D eigenvalue weighted by Gasteiger charge is 2.43. The summed E-state index contributed by atoms with van der Waals surface area (Å²) < 4.78 is 70.7. The predicted octanol–water partition coefficient (Wildman–Crippen LogP) is 5.54. The van der Waals surface area contributed by atoms with Gasteiger partial charge in [0.2, 0.25) is 5.36 Å². The van der Waals surface area contributed by atoms with Crippen molar-refractivity contribution < 1.29 is 32.2 Å². The van der Waals surface area contributed by atoms with Gasteiger partial charge in [-0.3, -0.25) is 0 Å². The fourth-order valence-corrected chi connectivity index (χ4v) is 8.86. The number of carbonyl (C=O) groups is 1. The molecular weight excluding hydrogens is 608 g/mol. The number of aromatic carboxylic acids is 1. The summed E-state index contributed by atoms with van der Waals surface area (Å²) in [6.45, 7) is 14.1. The third-order valence-corrected chi connectivity index (χ3v) is 10.7. The number of carboxylic acids is 1.